The lowest BCUT2D eigenvalue weighted by Gasteiger charge is -2.21. The topological polar surface area (TPSA) is 59.0 Å². The highest BCUT2D eigenvalue weighted by atomic mass is 32.1. The number of hydrogen-bond acceptors (Lipinski definition) is 5. The first kappa shape index (κ1) is 21.2. The third kappa shape index (κ3) is 5.94. The summed E-state index contributed by atoms with van der Waals surface area (Å²) in [6, 6.07) is 6.25. The Balaban J connectivity index is 1.94. The number of aromatic nitrogens is 1. The zero-order valence-corrected chi connectivity index (χ0v) is 17.9. The lowest BCUT2D eigenvalue weighted by molar-refractivity contribution is 0.119. The molecule has 1 atom stereocenters. The molecule has 1 N–H and O–H groups in total. The number of thiazole rings is 1. The van der Waals surface area contributed by atoms with Gasteiger partial charge in [-0.25, -0.2) is 4.98 Å². The van der Waals surface area contributed by atoms with Gasteiger partial charge >= 0.3 is 0 Å². The molecule has 7 heteroatoms. The Morgan fingerprint density at radius 1 is 1.41 bits per heavy atom. The van der Waals surface area contributed by atoms with Gasteiger partial charge in [0.15, 0.2) is 5.96 Å². The first-order valence-electron chi connectivity index (χ1n) is 9.09. The Kier molecular flexibility index (Phi) is 8.06. The normalized spacial score (nSPS) is 12.7. The molecule has 1 aromatic heterocycles. The first-order chi connectivity index (χ1) is 13.0. The van der Waals surface area contributed by atoms with E-state index in [0.29, 0.717) is 19.7 Å². The highest BCUT2D eigenvalue weighted by molar-refractivity contribution is 7.09. The average Bonchev–Trinajstić information content (AvgIpc) is 3.12. The van der Waals surface area contributed by atoms with E-state index in [1.165, 1.54) is 5.56 Å². The van der Waals surface area contributed by atoms with Gasteiger partial charge in [0.25, 0.3) is 0 Å². The molecular weight excluding hydrogens is 360 g/mol. The fourth-order valence-electron chi connectivity index (χ4n) is 2.71. The summed E-state index contributed by atoms with van der Waals surface area (Å²) in [6.07, 6.45) is 0.0226. The van der Waals surface area contributed by atoms with E-state index in [4.69, 9.17) is 9.47 Å². The Morgan fingerprint density at radius 2 is 2.19 bits per heavy atom. The van der Waals surface area contributed by atoms with Gasteiger partial charge in [0.1, 0.15) is 16.9 Å². The maximum Gasteiger partial charge on any atom is 0.194 e. The second-order valence-corrected chi connectivity index (χ2v) is 7.23. The second-order valence-electron chi connectivity index (χ2n) is 6.34. The Labute approximate surface area is 166 Å². The summed E-state index contributed by atoms with van der Waals surface area (Å²) in [5, 5.41) is 6.48. The summed E-state index contributed by atoms with van der Waals surface area (Å²) >= 11 is 1.63. The van der Waals surface area contributed by atoms with Gasteiger partial charge < -0.3 is 19.7 Å². The number of benzene rings is 1. The molecule has 0 amide bonds. The number of guanidine groups is 1. The van der Waals surface area contributed by atoms with Crippen molar-refractivity contribution in [3.63, 3.8) is 0 Å². The van der Waals surface area contributed by atoms with Crippen LogP contribution < -0.4 is 10.1 Å². The van der Waals surface area contributed by atoms with Gasteiger partial charge in [0.2, 0.25) is 0 Å². The summed E-state index contributed by atoms with van der Waals surface area (Å²) in [6.45, 7) is 8.14. The van der Waals surface area contributed by atoms with E-state index in [-0.39, 0.29) is 6.10 Å². The highest BCUT2D eigenvalue weighted by Crippen LogP contribution is 2.21. The van der Waals surface area contributed by atoms with E-state index in [9.17, 15) is 0 Å². The number of aryl methyl sites for hydroxylation is 1. The molecule has 148 valence electrons. The predicted octanol–water partition coefficient (Wildman–Crippen LogP) is 3.77. The van der Waals surface area contributed by atoms with Crippen molar-refractivity contribution in [1.82, 2.24) is 15.2 Å². The number of ether oxygens (including phenoxy) is 2. The lowest BCUT2D eigenvalue weighted by Crippen LogP contribution is -2.38. The van der Waals surface area contributed by atoms with Crippen molar-refractivity contribution in [2.45, 2.75) is 40.0 Å². The van der Waals surface area contributed by atoms with Gasteiger partial charge in [-0.1, -0.05) is 12.1 Å². The molecule has 0 aliphatic carbocycles. The molecule has 0 saturated carbocycles. The standard InChI is InChI=1S/C20H30N4O2S/c1-7-26-18-9-8-16(10-14(18)2)11-22-20(21-4)24(5)12-17-13-27-19(23-17)15(3)25-6/h8-10,13,15H,7,11-12H2,1-6H3,(H,21,22). The van der Waals surface area contributed by atoms with Crippen LogP contribution in [0.4, 0.5) is 0 Å². The molecule has 0 fully saturated rings. The molecule has 6 nitrogen and oxygen atoms in total. The summed E-state index contributed by atoms with van der Waals surface area (Å²) < 4.78 is 10.9. The molecule has 0 saturated heterocycles. The minimum atomic E-state index is 0.0226. The van der Waals surface area contributed by atoms with E-state index in [2.05, 4.69) is 44.6 Å². The third-order valence-electron chi connectivity index (χ3n) is 4.23. The fraction of sp³-hybridized carbons (Fsp3) is 0.500. The lowest BCUT2D eigenvalue weighted by atomic mass is 10.1. The molecule has 0 bridgehead atoms. The molecule has 0 spiro atoms. The van der Waals surface area contributed by atoms with Crippen LogP contribution in [0.2, 0.25) is 0 Å². The number of hydrogen-bond donors (Lipinski definition) is 1. The SMILES string of the molecule is CCOc1ccc(CNC(=NC)N(C)Cc2csc(C(C)OC)n2)cc1C. The van der Waals surface area contributed by atoms with E-state index in [1.54, 1.807) is 25.5 Å². The van der Waals surface area contributed by atoms with Gasteiger partial charge in [-0.2, -0.15) is 0 Å². The molecule has 1 aromatic carbocycles. The largest absolute Gasteiger partial charge is 0.494 e. The average molecular weight is 391 g/mol. The Hall–Kier alpha value is -2.12. The molecular formula is C20H30N4O2S. The minimum Gasteiger partial charge on any atom is -0.494 e. The van der Waals surface area contributed by atoms with E-state index >= 15 is 0 Å². The van der Waals surface area contributed by atoms with Crippen molar-refractivity contribution >= 4 is 17.3 Å². The van der Waals surface area contributed by atoms with Crippen LogP contribution in [0.5, 0.6) is 5.75 Å². The van der Waals surface area contributed by atoms with Gasteiger partial charge in [-0.15, -0.1) is 11.3 Å². The van der Waals surface area contributed by atoms with Crippen molar-refractivity contribution in [2.75, 3.05) is 27.8 Å². The summed E-state index contributed by atoms with van der Waals surface area (Å²) in [7, 11) is 5.51. The van der Waals surface area contributed by atoms with Crippen LogP contribution in [0.3, 0.4) is 0 Å². The Morgan fingerprint density at radius 3 is 2.81 bits per heavy atom. The van der Waals surface area contributed by atoms with Crippen LogP contribution in [-0.2, 0) is 17.8 Å². The number of methoxy groups -OCH3 is 1. The van der Waals surface area contributed by atoms with Crippen LogP contribution in [-0.4, -0.2) is 43.7 Å². The van der Waals surface area contributed by atoms with Crippen LogP contribution in [0, 0.1) is 6.92 Å². The fourth-order valence-corrected chi connectivity index (χ4v) is 3.55. The van der Waals surface area contributed by atoms with E-state index in [1.807, 2.05) is 27.0 Å². The van der Waals surface area contributed by atoms with Crippen molar-refractivity contribution in [3.05, 3.63) is 45.4 Å². The monoisotopic (exact) mass is 390 g/mol. The smallest absolute Gasteiger partial charge is 0.194 e. The summed E-state index contributed by atoms with van der Waals surface area (Å²) in [5.74, 6) is 1.77. The van der Waals surface area contributed by atoms with Crippen molar-refractivity contribution < 1.29 is 9.47 Å². The number of aliphatic imine (C=N–C) groups is 1. The van der Waals surface area contributed by atoms with Gasteiger partial charge in [-0.05, 0) is 38.0 Å². The van der Waals surface area contributed by atoms with Crippen LogP contribution in [0.1, 0.15) is 41.8 Å². The van der Waals surface area contributed by atoms with Crippen molar-refractivity contribution in [2.24, 2.45) is 4.99 Å². The highest BCUT2D eigenvalue weighted by Gasteiger charge is 2.13. The van der Waals surface area contributed by atoms with Gasteiger partial charge in [0.05, 0.1) is 18.8 Å². The number of rotatable bonds is 8. The molecule has 0 aliphatic rings. The van der Waals surface area contributed by atoms with Crippen LogP contribution in [0.15, 0.2) is 28.6 Å². The predicted molar refractivity (Wildman–Crippen MR) is 112 cm³/mol. The number of nitrogens with zero attached hydrogens (tertiary/aromatic N) is 3. The third-order valence-corrected chi connectivity index (χ3v) is 5.29. The summed E-state index contributed by atoms with van der Waals surface area (Å²) in [4.78, 5) is 11.1. The first-order valence-corrected chi connectivity index (χ1v) is 9.97. The van der Waals surface area contributed by atoms with Crippen molar-refractivity contribution in [3.8, 4) is 5.75 Å². The molecule has 0 aliphatic heterocycles. The quantitative estimate of drug-likeness (QED) is 0.549. The molecule has 2 rings (SSSR count). The molecule has 0 radical (unpaired) electrons. The maximum atomic E-state index is 5.60. The molecule has 1 unspecified atom stereocenters. The number of nitrogens with one attached hydrogen (secondary N) is 1. The van der Waals surface area contributed by atoms with E-state index in [0.717, 1.165) is 28.0 Å². The Bertz CT molecular complexity index is 760. The van der Waals surface area contributed by atoms with Gasteiger partial charge in [-0.3, -0.25) is 4.99 Å². The molecule has 1 heterocycles. The zero-order valence-electron chi connectivity index (χ0n) is 17.1. The van der Waals surface area contributed by atoms with Crippen molar-refractivity contribution in [1.29, 1.82) is 0 Å². The maximum absolute atomic E-state index is 5.60. The van der Waals surface area contributed by atoms with Crippen LogP contribution >= 0.6 is 11.3 Å². The molecule has 27 heavy (non-hydrogen) atoms. The van der Waals surface area contributed by atoms with Gasteiger partial charge in [0, 0.05) is 33.1 Å². The van der Waals surface area contributed by atoms with E-state index < -0.39 is 0 Å². The molecule has 2 aromatic rings. The van der Waals surface area contributed by atoms with Crippen LogP contribution in [0.25, 0.3) is 0 Å². The second kappa shape index (κ2) is 10.3. The minimum absolute atomic E-state index is 0.0226. The zero-order chi connectivity index (χ0) is 19.8. The summed E-state index contributed by atoms with van der Waals surface area (Å²) in [5.41, 5.74) is 3.35.